The lowest BCUT2D eigenvalue weighted by atomic mass is 10.2. The summed E-state index contributed by atoms with van der Waals surface area (Å²) in [5, 5.41) is 2.75. The summed E-state index contributed by atoms with van der Waals surface area (Å²) in [6.45, 7) is 8.81. The molecule has 1 aromatic rings. The molecule has 0 aliphatic heterocycles. The monoisotopic (exact) mass is 346 g/mol. The molecule has 1 atom stereocenters. The first kappa shape index (κ1) is 16.2. The van der Waals surface area contributed by atoms with Crippen LogP contribution in [0.5, 0.6) is 0 Å². The highest BCUT2D eigenvalue weighted by atomic mass is 79.9. The standard InChI is InChI=1S/C13H19BrN2O2S/c1-5-16(6-2)13(18)9(4)15-12(17)10-7-8(3)11(14)19-10/h7,9H,5-6H2,1-4H3,(H,15,17). The number of thiophene rings is 1. The average molecular weight is 347 g/mol. The third-order valence-corrected chi connectivity index (χ3v) is 5.01. The summed E-state index contributed by atoms with van der Waals surface area (Å²) < 4.78 is 0.945. The van der Waals surface area contributed by atoms with Gasteiger partial charge < -0.3 is 10.2 Å². The topological polar surface area (TPSA) is 49.4 Å². The van der Waals surface area contributed by atoms with Gasteiger partial charge in [0.05, 0.1) is 8.66 Å². The molecule has 0 bridgehead atoms. The van der Waals surface area contributed by atoms with Gasteiger partial charge in [-0.1, -0.05) is 0 Å². The van der Waals surface area contributed by atoms with E-state index in [0.717, 1.165) is 9.35 Å². The average Bonchev–Trinajstić information content (AvgIpc) is 2.71. The fourth-order valence-electron chi connectivity index (χ4n) is 1.71. The fraction of sp³-hybridized carbons (Fsp3) is 0.538. The molecule has 6 heteroatoms. The molecule has 1 unspecified atom stereocenters. The molecule has 2 amide bonds. The molecule has 0 aliphatic carbocycles. The van der Waals surface area contributed by atoms with Crippen LogP contribution in [0, 0.1) is 6.92 Å². The molecular weight excluding hydrogens is 328 g/mol. The second kappa shape index (κ2) is 7.05. The van der Waals surface area contributed by atoms with E-state index in [1.54, 1.807) is 11.8 Å². The van der Waals surface area contributed by atoms with Crippen molar-refractivity contribution in [1.29, 1.82) is 0 Å². The molecule has 0 aliphatic rings. The maximum absolute atomic E-state index is 12.0. The Kier molecular flexibility index (Phi) is 6.00. The number of halogens is 1. The van der Waals surface area contributed by atoms with Crippen molar-refractivity contribution in [3.63, 3.8) is 0 Å². The molecule has 0 radical (unpaired) electrons. The minimum absolute atomic E-state index is 0.0503. The van der Waals surface area contributed by atoms with Gasteiger partial charge in [0.15, 0.2) is 0 Å². The van der Waals surface area contributed by atoms with Crippen LogP contribution in [-0.2, 0) is 4.79 Å². The van der Waals surface area contributed by atoms with Crippen LogP contribution >= 0.6 is 27.3 Å². The van der Waals surface area contributed by atoms with Crippen molar-refractivity contribution in [2.24, 2.45) is 0 Å². The molecule has 0 spiro atoms. The molecule has 0 fully saturated rings. The van der Waals surface area contributed by atoms with E-state index in [1.165, 1.54) is 11.3 Å². The molecule has 0 aromatic carbocycles. The number of carbonyl (C=O) groups is 2. The third kappa shape index (κ3) is 4.04. The number of hydrogen-bond acceptors (Lipinski definition) is 3. The number of hydrogen-bond donors (Lipinski definition) is 1. The number of carbonyl (C=O) groups excluding carboxylic acids is 2. The third-order valence-electron chi connectivity index (χ3n) is 2.87. The van der Waals surface area contributed by atoms with Crippen LogP contribution in [-0.4, -0.2) is 35.8 Å². The number of nitrogens with one attached hydrogen (secondary N) is 1. The molecule has 1 N–H and O–H groups in total. The largest absolute Gasteiger partial charge is 0.341 e. The molecule has 1 rings (SSSR count). The zero-order valence-electron chi connectivity index (χ0n) is 11.6. The first-order chi connectivity index (χ1) is 8.90. The maximum atomic E-state index is 12.0. The Morgan fingerprint density at radius 2 is 2.00 bits per heavy atom. The predicted octanol–water partition coefficient (Wildman–Crippen LogP) is 2.81. The van der Waals surface area contributed by atoms with Crippen molar-refractivity contribution in [3.05, 3.63) is 20.3 Å². The molecule has 1 heterocycles. The minimum Gasteiger partial charge on any atom is -0.341 e. The number of aryl methyl sites for hydroxylation is 1. The van der Waals surface area contributed by atoms with Gasteiger partial charge in [-0.3, -0.25) is 9.59 Å². The van der Waals surface area contributed by atoms with Crippen LogP contribution < -0.4 is 5.32 Å². The first-order valence-corrected chi connectivity index (χ1v) is 7.87. The molecule has 0 saturated carbocycles. The van der Waals surface area contributed by atoms with E-state index in [4.69, 9.17) is 0 Å². The van der Waals surface area contributed by atoms with Crippen LogP contribution in [0.4, 0.5) is 0 Å². The van der Waals surface area contributed by atoms with E-state index in [9.17, 15) is 9.59 Å². The quantitative estimate of drug-likeness (QED) is 0.891. The van der Waals surface area contributed by atoms with Gasteiger partial charge in [-0.15, -0.1) is 11.3 Å². The highest BCUT2D eigenvalue weighted by molar-refractivity contribution is 9.11. The zero-order chi connectivity index (χ0) is 14.6. The summed E-state index contributed by atoms with van der Waals surface area (Å²) in [4.78, 5) is 26.4. The van der Waals surface area contributed by atoms with Crippen LogP contribution in [0.1, 0.15) is 36.0 Å². The lowest BCUT2D eigenvalue weighted by molar-refractivity contribution is -0.132. The number of rotatable bonds is 5. The first-order valence-electron chi connectivity index (χ1n) is 6.26. The van der Waals surface area contributed by atoms with Crippen molar-refractivity contribution in [2.45, 2.75) is 33.7 Å². The summed E-state index contributed by atoms with van der Waals surface area (Å²) in [5.74, 6) is -0.252. The summed E-state index contributed by atoms with van der Waals surface area (Å²) in [6.07, 6.45) is 0. The van der Waals surface area contributed by atoms with Crippen molar-refractivity contribution in [3.8, 4) is 0 Å². The Labute approximate surface area is 126 Å². The van der Waals surface area contributed by atoms with Gasteiger partial charge >= 0.3 is 0 Å². The highest BCUT2D eigenvalue weighted by Gasteiger charge is 2.21. The number of nitrogens with zero attached hydrogens (tertiary/aromatic N) is 1. The van der Waals surface area contributed by atoms with Crippen molar-refractivity contribution >= 4 is 39.1 Å². The van der Waals surface area contributed by atoms with Gasteiger partial charge in [0.25, 0.3) is 5.91 Å². The summed E-state index contributed by atoms with van der Waals surface area (Å²) >= 11 is 4.76. The lowest BCUT2D eigenvalue weighted by Crippen LogP contribution is -2.46. The Morgan fingerprint density at radius 3 is 2.42 bits per heavy atom. The molecular formula is C13H19BrN2O2S. The van der Waals surface area contributed by atoms with Crippen LogP contribution in [0.3, 0.4) is 0 Å². The summed E-state index contributed by atoms with van der Waals surface area (Å²) in [7, 11) is 0. The van der Waals surface area contributed by atoms with Crippen molar-refractivity contribution in [1.82, 2.24) is 10.2 Å². The molecule has 19 heavy (non-hydrogen) atoms. The Bertz CT molecular complexity index is 450. The molecule has 106 valence electrons. The normalized spacial score (nSPS) is 12.1. The number of likely N-dealkylation sites (N-methyl/N-ethyl adjacent to an activating group) is 1. The zero-order valence-corrected chi connectivity index (χ0v) is 14.0. The van der Waals surface area contributed by atoms with E-state index in [-0.39, 0.29) is 11.8 Å². The highest BCUT2D eigenvalue weighted by Crippen LogP contribution is 2.27. The van der Waals surface area contributed by atoms with Crippen LogP contribution in [0.2, 0.25) is 0 Å². The minimum atomic E-state index is -0.506. The summed E-state index contributed by atoms with van der Waals surface area (Å²) in [6, 6.07) is 1.31. The van der Waals surface area contributed by atoms with E-state index < -0.39 is 6.04 Å². The Balaban J connectivity index is 2.68. The van der Waals surface area contributed by atoms with Crippen LogP contribution in [0.25, 0.3) is 0 Å². The SMILES string of the molecule is CCN(CC)C(=O)C(C)NC(=O)c1cc(C)c(Br)s1. The molecule has 1 aromatic heterocycles. The van der Waals surface area contributed by atoms with Crippen molar-refractivity contribution in [2.75, 3.05) is 13.1 Å². The molecule has 0 saturated heterocycles. The van der Waals surface area contributed by atoms with Gasteiger partial charge in [0, 0.05) is 13.1 Å². The van der Waals surface area contributed by atoms with E-state index in [0.29, 0.717) is 18.0 Å². The van der Waals surface area contributed by atoms with Gasteiger partial charge in [0.1, 0.15) is 6.04 Å². The smallest absolute Gasteiger partial charge is 0.262 e. The lowest BCUT2D eigenvalue weighted by Gasteiger charge is -2.23. The van der Waals surface area contributed by atoms with E-state index in [2.05, 4.69) is 21.2 Å². The second-order valence-electron chi connectivity index (χ2n) is 4.27. The van der Waals surface area contributed by atoms with Gasteiger partial charge in [-0.2, -0.15) is 0 Å². The Hall–Kier alpha value is -0.880. The predicted molar refractivity (Wildman–Crippen MR) is 81.6 cm³/mol. The van der Waals surface area contributed by atoms with E-state index in [1.807, 2.05) is 26.8 Å². The molecule has 4 nitrogen and oxygen atoms in total. The van der Waals surface area contributed by atoms with Gasteiger partial charge in [-0.25, -0.2) is 0 Å². The van der Waals surface area contributed by atoms with Gasteiger partial charge in [0.2, 0.25) is 5.91 Å². The maximum Gasteiger partial charge on any atom is 0.262 e. The summed E-state index contributed by atoms with van der Waals surface area (Å²) in [5.41, 5.74) is 1.03. The fourth-order valence-corrected chi connectivity index (χ4v) is 3.15. The van der Waals surface area contributed by atoms with Crippen molar-refractivity contribution < 1.29 is 9.59 Å². The van der Waals surface area contributed by atoms with Crippen LogP contribution in [0.15, 0.2) is 9.85 Å². The second-order valence-corrected chi connectivity index (χ2v) is 6.64. The number of amides is 2. The van der Waals surface area contributed by atoms with E-state index >= 15 is 0 Å². The van der Waals surface area contributed by atoms with Gasteiger partial charge in [-0.05, 0) is 55.3 Å². The Morgan fingerprint density at radius 1 is 1.42 bits per heavy atom.